The van der Waals surface area contributed by atoms with E-state index in [1.54, 1.807) is 6.92 Å². The fourth-order valence-electron chi connectivity index (χ4n) is 0.464. The van der Waals surface area contributed by atoms with Gasteiger partial charge in [0, 0.05) is 11.6 Å². The molecule has 0 aromatic rings. The molecule has 5 nitrogen and oxygen atoms in total. The zero-order chi connectivity index (χ0) is 13.8. The summed E-state index contributed by atoms with van der Waals surface area (Å²) in [5.41, 5.74) is 1.08. The zero-order valence-corrected chi connectivity index (χ0v) is 10.5. The normalized spacial score (nSPS) is 12.3. The van der Waals surface area contributed by atoms with Crippen LogP contribution in [0.3, 0.4) is 0 Å². The van der Waals surface area contributed by atoms with Crippen LogP contribution in [0.4, 0.5) is 0 Å². The van der Waals surface area contributed by atoms with E-state index in [4.69, 9.17) is 10.2 Å². The van der Waals surface area contributed by atoms with Gasteiger partial charge in [0.2, 0.25) is 0 Å². The van der Waals surface area contributed by atoms with Crippen molar-refractivity contribution in [3.8, 4) is 0 Å². The SMILES string of the molecule is C1CO1.C=C(C)C.CC/C(=C/C(=O)O)C(=O)O. The molecule has 0 amide bonds. The quantitative estimate of drug-likeness (QED) is 0.451. The van der Waals surface area contributed by atoms with Gasteiger partial charge < -0.3 is 14.9 Å². The first-order chi connectivity index (χ1) is 7.81. The van der Waals surface area contributed by atoms with Crippen LogP contribution in [-0.4, -0.2) is 35.4 Å². The van der Waals surface area contributed by atoms with Crippen LogP contribution in [0.5, 0.6) is 0 Å². The number of hydrogen-bond acceptors (Lipinski definition) is 3. The third-order valence-corrected chi connectivity index (χ3v) is 1.16. The summed E-state index contributed by atoms with van der Waals surface area (Å²) in [5, 5.41) is 16.4. The van der Waals surface area contributed by atoms with Crippen LogP contribution in [0, 0.1) is 0 Å². The number of carboxylic acids is 2. The molecule has 1 saturated heterocycles. The van der Waals surface area contributed by atoms with E-state index in [0.29, 0.717) is 6.08 Å². The molecule has 0 aliphatic carbocycles. The maximum atomic E-state index is 10.1. The molecule has 0 atom stereocenters. The highest BCUT2D eigenvalue weighted by molar-refractivity contribution is 5.94. The number of rotatable bonds is 3. The van der Waals surface area contributed by atoms with Gasteiger partial charge in [0.1, 0.15) is 0 Å². The second-order valence-corrected chi connectivity index (χ2v) is 3.49. The number of carbonyl (C=O) groups is 2. The van der Waals surface area contributed by atoms with E-state index in [-0.39, 0.29) is 12.0 Å². The summed E-state index contributed by atoms with van der Waals surface area (Å²) < 4.78 is 4.50. The van der Waals surface area contributed by atoms with E-state index in [9.17, 15) is 9.59 Å². The Morgan fingerprint density at radius 3 is 1.71 bits per heavy atom. The van der Waals surface area contributed by atoms with E-state index < -0.39 is 11.9 Å². The molecule has 0 aromatic carbocycles. The van der Waals surface area contributed by atoms with Crippen molar-refractivity contribution >= 4 is 11.9 Å². The van der Waals surface area contributed by atoms with Crippen molar-refractivity contribution in [2.75, 3.05) is 13.2 Å². The van der Waals surface area contributed by atoms with Gasteiger partial charge in [-0.25, -0.2) is 9.59 Å². The standard InChI is InChI=1S/C6H8O4.C4H8.C2H4O/c1-2-4(6(9)10)3-5(7)8;1-4(2)3;1-2-3-1/h3H,2H2,1H3,(H,7,8)(H,9,10);1H2,2-3H3;1-2H2/b4-3-;;. The Hall–Kier alpha value is -1.62. The average molecular weight is 244 g/mol. The third kappa shape index (κ3) is 25.0. The van der Waals surface area contributed by atoms with E-state index >= 15 is 0 Å². The van der Waals surface area contributed by atoms with E-state index in [1.165, 1.54) is 5.57 Å². The predicted octanol–water partition coefficient (Wildman–Crippen LogP) is 2.09. The van der Waals surface area contributed by atoms with Gasteiger partial charge >= 0.3 is 11.9 Å². The molecule has 1 aliphatic heterocycles. The van der Waals surface area contributed by atoms with Crippen LogP contribution in [-0.2, 0) is 14.3 Å². The molecule has 0 saturated carbocycles. The minimum Gasteiger partial charge on any atom is -0.478 e. The smallest absolute Gasteiger partial charge is 0.331 e. The highest BCUT2D eigenvalue weighted by Gasteiger charge is 2.05. The largest absolute Gasteiger partial charge is 0.478 e. The lowest BCUT2D eigenvalue weighted by molar-refractivity contribution is -0.135. The molecule has 0 bridgehead atoms. The van der Waals surface area contributed by atoms with Crippen LogP contribution in [0.1, 0.15) is 27.2 Å². The lowest BCUT2D eigenvalue weighted by Gasteiger charge is -1.92. The summed E-state index contributed by atoms with van der Waals surface area (Å²) in [6.45, 7) is 11.1. The minimum absolute atomic E-state index is 0.0903. The first-order valence-electron chi connectivity index (χ1n) is 5.17. The number of carboxylic acid groups (broad SMARTS) is 2. The Morgan fingerprint density at radius 1 is 1.29 bits per heavy atom. The van der Waals surface area contributed by atoms with Gasteiger partial charge in [-0.1, -0.05) is 12.5 Å². The highest BCUT2D eigenvalue weighted by Crippen LogP contribution is 1.98. The van der Waals surface area contributed by atoms with Gasteiger partial charge in [0.05, 0.1) is 13.2 Å². The molecule has 1 heterocycles. The van der Waals surface area contributed by atoms with Gasteiger partial charge in [0.25, 0.3) is 0 Å². The summed E-state index contributed by atoms with van der Waals surface area (Å²) in [4.78, 5) is 20.1. The number of epoxide rings is 1. The Labute approximate surface area is 101 Å². The van der Waals surface area contributed by atoms with Gasteiger partial charge in [0.15, 0.2) is 0 Å². The van der Waals surface area contributed by atoms with Crippen LogP contribution < -0.4 is 0 Å². The summed E-state index contributed by atoms with van der Waals surface area (Å²) >= 11 is 0. The second-order valence-electron chi connectivity index (χ2n) is 3.49. The van der Waals surface area contributed by atoms with Crippen LogP contribution in [0.15, 0.2) is 23.8 Å². The van der Waals surface area contributed by atoms with Crippen molar-refractivity contribution in [1.82, 2.24) is 0 Å². The van der Waals surface area contributed by atoms with Crippen LogP contribution >= 0.6 is 0 Å². The minimum atomic E-state index is -1.22. The van der Waals surface area contributed by atoms with Gasteiger partial charge in [-0.15, -0.1) is 6.58 Å². The zero-order valence-electron chi connectivity index (χ0n) is 10.5. The highest BCUT2D eigenvalue weighted by atomic mass is 16.6. The Balaban J connectivity index is 0. The summed E-state index contributed by atoms with van der Waals surface area (Å²) in [6.07, 6.45) is 0.921. The third-order valence-electron chi connectivity index (χ3n) is 1.16. The molecule has 1 rings (SSSR count). The van der Waals surface area contributed by atoms with E-state index in [0.717, 1.165) is 13.2 Å². The lowest BCUT2D eigenvalue weighted by Crippen LogP contribution is -2.02. The lowest BCUT2D eigenvalue weighted by atomic mass is 10.2. The van der Waals surface area contributed by atoms with Crippen molar-refractivity contribution in [2.45, 2.75) is 27.2 Å². The Morgan fingerprint density at radius 2 is 1.65 bits per heavy atom. The molecule has 1 fully saturated rings. The molecule has 2 N–H and O–H groups in total. The van der Waals surface area contributed by atoms with E-state index in [2.05, 4.69) is 11.3 Å². The molecular formula is C12H20O5. The fraction of sp³-hybridized carbons (Fsp3) is 0.500. The molecule has 5 heteroatoms. The molecular weight excluding hydrogens is 224 g/mol. The Bertz CT molecular complexity index is 283. The van der Waals surface area contributed by atoms with Crippen molar-refractivity contribution in [3.05, 3.63) is 23.8 Å². The van der Waals surface area contributed by atoms with Crippen molar-refractivity contribution < 1.29 is 24.5 Å². The first-order valence-corrected chi connectivity index (χ1v) is 5.17. The molecule has 0 spiro atoms. The summed E-state index contributed by atoms with van der Waals surface area (Å²) in [6, 6.07) is 0. The number of ether oxygens (including phenoxy) is 1. The van der Waals surface area contributed by atoms with Crippen LogP contribution in [0.25, 0.3) is 0 Å². The molecule has 1 aliphatic rings. The number of allylic oxidation sites excluding steroid dienone is 1. The summed E-state index contributed by atoms with van der Waals surface area (Å²) in [7, 11) is 0. The predicted molar refractivity (Wildman–Crippen MR) is 65.0 cm³/mol. The Kier molecular flexibility index (Phi) is 11.4. The maximum absolute atomic E-state index is 10.1. The molecule has 0 unspecified atom stereocenters. The summed E-state index contributed by atoms with van der Waals surface area (Å²) in [5.74, 6) is -2.40. The van der Waals surface area contributed by atoms with Gasteiger partial charge in [-0.2, -0.15) is 0 Å². The van der Waals surface area contributed by atoms with Gasteiger partial charge in [-0.05, 0) is 20.3 Å². The molecule has 17 heavy (non-hydrogen) atoms. The number of hydrogen-bond donors (Lipinski definition) is 2. The first kappa shape index (κ1) is 17.8. The maximum Gasteiger partial charge on any atom is 0.331 e. The van der Waals surface area contributed by atoms with Crippen LogP contribution in [0.2, 0.25) is 0 Å². The number of aliphatic carboxylic acids is 2. The van der Waals surface area contributed by atoms with Crippen molar-refractivity contribution in [3.63, 3.8) is 0 Å². The molecule has 0 aromatic heterocycles. The fourth-order valence-corrected chi connectivity index (χ4v) is 0.464. The topological polar surface area (TPSA) is 87.1 Å². The van der Waals surface area contributed by atoms with Crippen molar-refractivity contribution in [2.24, 2.45) is 0 Å². The van der Waals surface area contributed by atoms with Gasteiger partial charge in [-0.3, -0.25) is 0 Å². The van der Waals surface area contributed by atoms with E-state index in [1.807, 2.05) is 13.8 Å². The van der Waals surface area contributed by atoms with Crippen molar-refractivity contribution in [1.29, 1.82) is 0 Å². The monoisotopic (exact) mass is 244 g/mol. The molecule has 0 radical (unpaired) electrons. The molecule has 98 valence electrons. The second kappa shape index (κ2) is 10.9. The average Bonchev–Trinajstić information content (AvgIpc) is 2.98.